The minimum Gasteiger partial charge on any atom is -0.400 e. The van der Waals surface area contributed by atoms with Crippen LogP contribution in [-0.2, 0) is 4.74 Å². The third-order valence-electron chi connectivity index (χ3n) is 5.78. The summed E-state index contributed by atoms with van der Waals surface area (Å²) in [7, 11) is 1.00. The van der Waals surface area contributed by atoms with E-state index in [1.807, 2.05) is 58.9 Å². The Kier molecular flexibility index (Phi) is 47.6. The van der Waals surface area contributed by atoms with Gasteiger partial charge in [-0.1, -0.05) is 131 Å². The first-order valence-electron chi connectivity index (χ1n) is 18.2. The van der Waals surface area contributed by atoms with E-state index in [1.165, 1.54) is 49.8 Å². The van der Waals surface area contributed by atoms with Gasteiger partial charge in [0.05, 0.1) is 6.10 Å². The van der Waals surface area contributed by atoms with Gasteiger partial charge < -0.3 is 25.3 Å². The second-order valence-electron chi connectivity index (χ2n) is 10.7. The second kappa shape index (κ2) is 42.0. The number of unbranched alkanes of at least 4 members (excludes halogenated alkanes) is 1. The Bertz CT molecular complexity index is 1060. The molecule has 0 spiro atoms. The van der Waals surface area contributed by atoms with Crippen LogP contribution in [0.2, 0.25) is 0 Å². The highest BCUT2D eigenvalue weighted by Crippen LogP contribution is 2.33. The molecule has 48 heavy (non-hydrogen) atoms. The van der Waals surface area contributed by atoms with E-state index in [0.717, 1.165) is 43.1 Å². The Morgan fingerprint density at radius 3 is 1.92 bits per heavy atom. The summed E-state index contributed by atoms with van der Waals surface area (Å²) in [5.41, 5.74) is 11.8. The lowest BCUT2D eigenvalue weighted by Crippen LogP contribution is -2.12. The third-order valence-corrected chi connectivity index (χ3v) is 5.78. The topological polar surface area (TPSA) is 80.6 Å². The van der Waals surface area contributed by atoms with Crippen LogP contribution < -0.4 is 5.73 Å². The molecular formula is C43H78N2O3. The lowest BCUT2D eigenvalue weighted by Gasteiger charge is -2.17. The van der Waals surface area contributed by atoms with E-state index in [-0.39, 0.29) is 6.23 Å². The van der Waals surface area contributed by atoms with Gasteiger partial charge >= 0.3 is 0 Å². The van der Waals surface area contributed by atoms with Crippen molar-refractivity contribution in [2.45, 2.75) is 153 Å². The molecular weight excluding hydrogens is 592 g/mol. The van der Waals surface area contributed by atoms with E-state index < -0.39 is 0 Å². The number of hydrogen-bond acceptors (Lipinski definition) is 4. The van der Waals surface area contributed by atoms with Crippen molar-refractivity contribution < 1.29 is 14.9 Å². The molecule has 1 fully saturated rings. The van der Waals surface area contributed by atoms with Crippen LogP contribution in [0.25, 0.3) is 11.3 Å². The summed E-state index contributed by atoms with van der Waals surface area (Å²) < 4.78 is 8.43. The Balaban J connectivity index is -0.000000179. The molecule has 2 atom stereocenters. The molecule has 2 unspecified atom stereocenters. The van der Waals surface area contributed by atoms with Gasteiger partial charge in [-0.05, 0) is 81.4 Å². The molecule has 1 aromatic carbocycles. The number of aliphatic hydroxyl groups is 2. The highest BCUT2D eigenvalue weighted by Gasteiger charge is 2.26. The molecule has 2 heterocycles. The van der Waals surface area contributed by atoms with Gasteiger partial charge in [0, 0.05) is 43.3 Å². The van der Waals surface area contributed by atoms with Gasteiger partial charge in [-0.25, -0.2) is 0 Å². The van der Waals surface area contributed by atoms with Gasteiger partial charge in [0.25, 0.3) is 0 Å². The molecule has 0 bridgehead atoms. The molecule has 1 aliphatic heterocycles. The molecule has 0 radical (unpaired) electrons. The number of benzene rings is 1. The van der Waals surface area contributed by atoms with Crippen molar-refractivity contribution in [2.75, 3.05) is 13.7 Å². The zero-order valence-corrected chi connectivity index (χ0v) is 33.7. The van der Waals surface area contributed by atoms with Crippen molar-refractivity contribution in [1.29, 1.82) is 0 Å². The molecule has 5 heteroatoms. The average molecular weight is 671 g/mol. The minimum atomic E-state index is 0.236. The molecule has 1 saturated heterocycles. The number of rotatable bonds is 7. The maximum absolute atomic E-state index is 7.88. The molecule has 278 valence electrons. The second-order valence-corrected chi connectivity index (χ2v) is 10.7. The van der Waals surface area contributed by atoms with Crippen LogP contribution in [0.5, 0.6) is 0 Å². The van der Waals surface area contributed by atoms with Crippen molar-refractivity contribution >= 4 is 11.3 Å². The summed E-state index contributed by atoms with van der Waals surface area (Å²) in [4.78, 5) is 0. The van der Waals surface area contributed by atoms with E-state index in [2.05, 4.69) is 96.9 Å². The first kappa shape index (κ1) is 54.4. The van der Waals surface area contributed by atoms with Crippen LogP contribution >= 0.6 is 0 Å². The van der Waals surface area contributed by atoms with Gasteiger partial charge in [0.1, 0.15) is 6.23 Å². The minimum absolute atomic E-state index is 0.236. The quantitative estimate of drug-likeness (QED) is 0.202. The maximum atomic E-state index is 7.88. The Labute approximate surface area is 299 Å². The van der Waals surface area contributed by atoms with Crippen LogP contribution in [0.1, 0.15) is 163 Å². The van der Waals surface area contributed by atoms with Crippen LogP contribution in [0, 0.1) is 18.8 Å². The van der Waals surface area contributed by atoms with Crippen molar-refractivity contribution in [3.63, 3.8) is 0 Å². The van der Waals surface area contributed by atoms with Crippen molar-refractivity contribution in [3.8, 4) is 11.8 Å². The molecule has 3 rings (SSSR count). The van der Waals surface area contributed by atoms with Gasteiger partial charge in [-0.15, -0.1) is 6.58 Å². The predicted octanol–water partition coefficient (Wildman–Crippen LogP) is 12.1. The van der Waals surface area contributed by atoms with Gasteiger partial charge in [0.15, 0.2) is 0 Å². The maximum Gasteiger partial charge on any atom is 0.134 e. The third kappa shape index (κ3) is 30.3. The largest absolute Gasteiger partial charge is 0.400 e. The predicted molar refractivity (Wildman–Crippen MR) is 218 cm³/mol. The van der Waals surface area contributed by atoms with Gasteiger partial charge in [0.2, 0.25) is 0 Å². The Hall–Kier alpha value is -3.04. The van der Waals surface area contributed by atoms with Gasteiger partial charge in [-0.2, -0.15) is 0 Å². The van der Waals surface area contributed by atoms with Crippen molar-refractivity contribution in [1.82, 2.24) is 4.57 Å². The van der Waals surface area contributed by atoms with Crippen LogP contribution in [0.4, 0.5) is 0 Å². The fraction of sp³-hybridized carbons (Fsp3) is 0.581. The van der Waals surface area contributed by atoms with E-state index in [0.29, 0.717) is 18.4 Å². The molecule has 1 aliphatic rings. The summed E-state index contributed by atoms with van der Waals surface area (Å²) in [6.07, 6.45) is 14.9. The molecule has 2 aromatic rings. The summed E-state index contributed by atoms with van der Waals surface area (Å²) in [6.45, 7) is 36.2. The first-order chi connectivity index (χ1) is 23.0. The Morgan fingerprint density at radius 2 is 1.52 bits per heavy atom. The number of nitrogens with zero attached hydrogens (tertiary/aromatic N) is 1. The molecule has 0 aliphatic carbocycles. The number of aromatic nitrogens is 1. The van der Waals surface area contributed by atoms with Crippen LogP contribution in [0.15, 0.2) is 62.3 Å². The van der Waals surface area contributed by atoms with Crippen LogP contribution in [0.3, 0.4) is 0 Å². The SMILES string of the molecule is C=C(C)c1ccn(C2CCC(CCCC)O2)c1C.C=C(N)c1cccc(C#CCC)c1.C=CC.CC.CCC.CCC.CCCO.CO. The summed E-state index contributed by atoms with van der Waals surface area (Å²) >= 11 is 0. The highest BCUT2D eigenvalue weighted by molar-refractivity contribution is 5.63. The van der Waals surface area contributed by atoms with Crippen molar-refractivity contribution in [2.24, 2.45) is 5.73 Å². The van der Waals surface area contributed by atoms with Crippen LogP contribution in [-0.4, -0.2) is 34.6 Å². The Morgan fingerprint density at radius 1 is 1.00 bits per heavy atom. The lowest BCUT2D eigenvalue weighted by molar-refractivity contribution is -0.00293. The van der Waals surface area contributed by atoms with E-state index in [1.54, 1.807) is 6.08 Å². The average Bonchev–Trinajstić information content (AvgIpc) is 3.72. The molecule has 1 aromatic heterocycles. The highest BCUT2D eigenvalue weighted by atomic mass is 16.5. The summed E-state index contributed by atoms with van der Waals surface area (Å²) in [6, 6.07) is 9.94. The number of hydrogen-bond donors (Lipinski definition) is 3. The van der Waals surface area contributed by atoms with E-state index in [4.69, 9.17) is 20.7 Å². The van der Waals surface area contributed by atoms with E-state index >= 15 is 0 Å². The molecule has 0 amide bonds. The zero-order valence-electron chi connectivity index (χ0n) is 33.7. The number of ether oxygens (including phenoxy) is 1. The fourth-order valence-electron chi connectivity index (χ4n) is 3.81. The van der Waals surface area contributed by atoms with Gasteiger partial charge in [-0.3, -0.25) is 0 Å². The summed E-state index contributed by atoms with van der Waals surface area (Å²) in [5, 5.41) is 14.9. The zero-order chi connectivity index (χ0) is 38.3. The van der Waals surface area contributed by atoms with Crippen molar-refractivity contribution in [3.05, 3.63) is 84.7 Å². The first-order valence-corrected chi connectivity index (χ1v) is 18.2. The smallest absolute Gasteiger partial charge is 0.134 e. The summed E-state index contributed by atoms with van der Waals surface area (Å²) in [5.74, 6) is 6.05. The fourth-order valence-corrected chi connectivity index (χ4v) is 3.81. The molecule has 5 nitrogen and oxygen atoms in total. The monoisotopic (exact) mass is 671 g/mol. The number of aliphatic hydroxyl groups excluding tert-OH is 2. The number of nitrogens with two attached hydrogens (primary N) is 1. The standard InChI is InChI=1S/C16H25NO.C12H13N.C3H8O.2C3H8.C3H6.C2H6.CH4O/c1-5-6-7-14-8-9-16(18-14)17-11-10-15(12(2)3)13(17)4;1-3-4-6-11-7-5-8-12(9-11)10(2)13;1-2-3-4;3*1-3-2;2*1-2/h10-11,14,16H,2,5-9H2,1,3-4H3;5,7-9H,2-3,13H2,1H3;4H,2-3H2,1H3;2*3H2,1-2H3;3H,1H2,2H3;1-2H3;2H,1H3. The normalized spacial score (nSPS) is 13.1. The molecule has 0 saturated carbocycles. The van der Waals surface area contributed by atoms with E-state index in [9.17, 15) is 0 Å². The lowest BCUT2D eigenvalue weighted by atomic mass is 10.1. The molecule has 4 N–H and O–H groups in total. The number of allylic oxidation sites excluding steroid dienone is 2.